The first-order chi connectivity index (χ1) is 12.2. The van der Waals surface area contributed by atoms with Crippen molar-refractivity contribution in [1.82, 2.24) is 0 Å². The lowest BCUT2D eigenvalue weighted by molar-refractivity contribution is -0.131. The highest BCUT2D eigenvalue weighted by Crippen LogP contribution is 2.48. The van der Waals surface area contributed by atoms with Crippen molar-refractivity contribution >= 4 is 34.8 Å². The fourth-order valence-corrected chi connectivity index (χ4v) is 3.18. The highest BCUT2D eigenvalue weighted by Gasteiger charge is 2.56. The lowest BCUT2D eigenvalue weighted by Crippen LogP contribution is -2.36. The lowest BCUT2D eigenvalue weighted by Gasteiger charge is -2.24. The van der Waals surface area contributed by atoms with Crippen LogP contribution >= 0.6 is 11.6 Å². The summed E-state index contributed by atoms with van der Waals surface area (Å²) in [6.07, 6.45) is 1.09. The second-order valence-corrected chi connectivity index (χ2v) is 8.23. The van der Waals surface area contributed by atoms with Crippen molar-refractivity contribution in [3.8, 4) is 0 Å². The van der Waals surface area contributed by atoms with E-state index in [1.54, 1.807) is 24.3 Å². The van der Waals surface area contributed by atoms with Crippen molar-refractivity contribution in [2.75, 3.05) is 10.6 Å². The molecule has 0 spiro atoms. The monoisotopic (exact) mass is 370 g/mol. The summed E-state index contributed by atoms with van der Waals surface area (Å²) in [5, 5.41) is 6.32. The molecule has 136 valence electrons. The molecule has 2 amide bonds. The molecule has 2 aromatic rings. The standard InChI is InChI=1S/C21H23ClN2O2/c1-20(2,3)16-9-4-5-10-17(16)24-19(26)21(11-12-21)18(25)23-15-8-6-7-14(22)13-15/h4-10,13H,11-12H2,1-3H3,(H,23,25)(H,24,26). The van der Waals surface area contributed by atoms with Crippen LogP contribution in [0.3, 0.4) is 0 Å². The number of rotatable bonds is 4. The molecule has 26 heavy (non-hydrogen) atoms. The number of carbonyl (C=O) groups is 2. The fraction of sp³-hybridized carbons (Fsp3) is 0.333. The highest BCUT2D eigenvalue weighted by atomic mass is 35.5. The van der Waals surface area contributed by atoms with Gasteiger partial charge >= 0.3 is 0 Å². The predicted octanol–water partition coefficient (Wildman–Crippen LogP) is 4.99. The first kappa shape index (κ1) is 18.5. The molecule has 0 atom stereocenters. The van der Waals surface area contributed by atoms with Crippen LogP contribution in [0.4, 0.5) is 11.4 Å². The molecule has 2 aromatic carbocycles. The maximum atomic E-state index is 12.9. The van der Waals surface area contributed by atoms with Gasteiger partial charge in [0.15, 0.2) is 0 Å². The topological polar surface area (TPSA) is 58.2 Å². The summed E-state index contributed by atoms with van der Waals surface area (Å²) in [4.78, 5) is 25.6. The molecule has 2 N–H and O–H groups in total. The van der Waals surface area contributed by atoms with E-state index < -0.39 is 5.41 Å². The molecule has 0 aromatic heterocycles. The van der Waals surface area contributed by atoms with Crippen molar-refractivity contribution < 1.29 is 9.59 Å². The van der Waals surface area contributed by atoms with Crippen molar-refractivity contribution in [3.05, 3.63) is 59.1 Å². The van der Waals surface area contributed by atoms with Gasteiger partial charge in [0.1, 0.15) is 5.41 Å². The number of nitrogens with one attached hydrogen (secondary N) is 2. The van der Waals surface area contributed by atoms with Crippen LogP contribution in [0.15, 0.2) is 48.5 Å². The minimum atomic E-state index is -1.01. The van der Waals surface area contributed by atoms with E-state index in [4.69, 9.17) is 11.6 Å². The van der Waals surface area contributed by atoms with E-state index in [2.05, 4.69) is 31.4 Å². The van der Waals surface area contributed by atoms with Crippen LogP contribution in [-0.2, 0) is 15.0 Å². The first-order valence-electron chi connectivity index (χ1n) is 8.70. The van der Waals surface area contributed by atoms with Gasteiger partial charge in [0.05, 0.1) is 0 Å². The zero-order chi connectivity index (χ0) is 18.9. The van der Waals surface area contributed by atoms with E-state index in [0.717, 1.165) is 11.3 Å². The number of para-hydroxylation sites is 1. The van der Waals surface area contributed by atoms with E-state index in [0.29, 0.717) is 23.6 Å². The molecule has 5 heteroatoms. The molecular weight excluding hydrogens is 348 g/mol. The molecule has 1 saturated carbocycles. The number of hydrogen-bond donors (Lipinski definition) is 2. The van der Waals surface area contributed by atoms with Crippen LogP contribution in [0.25, 0.3) is 0 Å². The normalized spacial score (nSPS) is 15.2. The number of hydrogen-bond acceptors (Lipinski definition) is 2. The second-order valence-electron chi connectivity index (χ2n) is 7.80. The van der Waals surface area contributed by atoms with Gasteiger partial charge in [0, 0.05) is 16.4 Å². The van der Waals surface area contributed by atoms with Crippen LogP contribution < -0.4 is 10.6 Å². The first-order valence-corrected chi connectivity index (χ1v) is 9.08. The average Bonchev–Trinajstić information content (AvgIpc) is 3.36. The Bertz CT molecular complexity index is 851. The Kier molecular flexibility index (Phi) is 4.80. The Morgan fingerprint density at radius 3 is 2.23 bits per heavy atom. The number of halogens is 1. The van der Waals surface area contributed by atoms with Gasteiger partial charge in [-0.1, -0.05) is 56.6 Å². The van der Waals surface area contributed by atoms with Gasteiger partial charge in [-0.3, -0.25) is 9.59 Å². The largest absolute Gasteiger partial charge is 0.325 e. The van der Waals surface area contributed by atoms with E-state index in [1.165, 1.54) is 0 Å². The highest BCUT2D eigenvalue weighted by molar-refractivity contribution is 6.31. The molecule has 1 aliphatic rings. The van der Waals surface area contributed by atoms with Gasteiger partial charge in [-0.25, -0.2) is 0 Å². The molecule has 3 rings (SSSR count). The third-order valence-electron chi connectivity index (χ3n) is 4.69. The molecule has 1 fully saturated rings. The lowest BCUT2D eigenvalue weighted by atomic mass is 9.85. The van der Waals surface area contributed by atoms with Crippen LogP contribution in [0.1, 0.15) is 39.2 Å². The van der Waals surface area contributed by atoms with E-state index in [-0.39, 0.29) is 17.2 Å². The van der Waals surface area contributed by atoms with Crippen LogP contribution in [-0.4, -0.2) is 11.8 Å². The Hall–Kier alpha value is -2.33. The van der Waals surface area contributed by atoms with Crippen LogP contribution in [0.2, 0.25) is 5.02 Å². The second kappa shape index (κ2) is 6.76. The number of benzene rings is 2. The Labute approximate surface area is 158 Å². The van der Waals surface area contributed by atoms with Gasteiger partial charge in [0.25, 0.3) is 0 Å². The Balaban J connectivity index is 1.77. The van der Waals surface area contributed by atoms with Crippen molar-refractivity contribution in [1.29, 1.82) is 0 Å². The van der Waals surface area contributed by atoms with Gasteiger partial charge in [-0.2, -0.15) is 0 Å². The predicted molar refractivity (Wildman–Crippen MR) is 106 cm³/mol. The Morgan fingerprint density at radius 1 is 0.962 bits per heavy atom. The zero-order valence-electron chi connectivity index (χ0n) is 15.2. The van der Waals surface area contributed by atoms with Crippen LogP contribution in [0, 0.1) is 5.41 Å². The number of carbonyl (C=O) groups excluding carboxylic acids is 2. The summed E-state index contributed by atoms with van der Waals surface area (Å²) in [6.45, 7) is 6.28. The van der Waals surface area contributed by atoms with Crippen molar-refractivity contribution in [2.24, 2.45) is 5.41 Å². The molecule has 0 aliphatic heterocycles. The van der Waals surface area contributed by atoms with Gasteiger partial charge in [-0.15, -0.1) is 0 Å². The SMILES string of the molecule is CC(C)(C)c1ccccc1NC(=O)C1(C(=O)Nc2cccc(Cl)c2)CC1. The molecule has 0 heterocycles. The van der Waals surface area contributed by atoms with Crippen molar-refractivity contribution in [3.63, 3.8) is 0 Å². The summed E-state index contributed by atoms with van der Waals surface area (Å²) < 4.78 is 0. The minimum Gasteiger partial charge on any atom is -0.325 e. The fourth-order valence-electron chi connectivity index (χ4n) is 2.99. The van der Waals surface area contributed by atoms with E-state index in [9.17, 15) is 9.59 Å². The van der Waals surface area contributed by atoms with Gasteiger partial charge in [0.2, 0.25) is 11.8 Å². The molecular formula is C21H23ClN2O2. The summed E-state index contributed by atoms with van der Waals surface area (Å²) in [7, 11) is 0. The minimum absolute atomic E-state index is 0.108. The summed E-state index contributed by atoms with van der Waals surface area (Å²) in [5.41, 5.74) is 1.28. The zero-order valence-corrected chi connectivity index (χ0v) is 16.0. The molecule has 4 nitrogen and oxygen atoms in total. The third-order valence-corrected chi connectivity index (χ3v) is 4.92. The smallest absolute Gasteiger partial charge is 0.240 e. The summed E-state index contributed by atoms with van der Waals surface area (Å²) in [6, 6.07) is 14.6. The van der Waals surface area contributed by atoms with Crippen LogP contribution in [0.5, 0.6) is 0 Å². The third kappa shape index (κ3) is 3.75. The number of amides is 2. The maximum Gasteiger partial charge on any atom is 0.240 e. The van der Waals surface area contributed by atoms with Gasteiger partial charge in [-0.05, 0) is 48.1 Å². The Morgan fingerprint density at radius 2 is 1.62 bits per heavy atom. The molecule has 0 saturated heterocycles. The van der Waals surface area contributed by atoms with E-state index >= 15 is 0 Å². The van der Waals surface area contributed by atoms with Gasteiger partial charge < -0.3 is 10.6 Å². The molecule has 0 bridgehead atoms. The molecule has 0 unspecified atom stereocenters. The quantitative estimate of drug-likeness (QED) is 0.744. The maximum absolute atomic E-state index is 12.9. The number of anilines is 2. The summed E-state index contributed by atoms with van der Waals surface area (Å²) >= 11 is 5.96. The van der Waals surface area contributed by atoms with Crippen molar-refractivity contribution in [2.45, 2.75) is 39.0 Å². The summed E-state index contributed by atoms with van der Waals surface area (Å²) in [5.74, 6) is -0.542. The van der Waals surface area contributed by atoms with E-state index in [1.807, 2.05) is 24.3 Å². The molecule has 1 aliphatic carbocycles. The molecule has 0 radical (unpaired) electrons. The average molecular weight is 371 g/mol.